The highest BCUT2D eigenvalue weighted by Gasteiger charge is 2.40. The van der Waals surface area contributed by atoms with Crippen molar-refractivity contribution in [2.45, 2.75) is 44.7 Å². The number of hydrogen-bond acceptors (Lipinski definition) is 4. The normalized spacial score (nSPS) is 14.6. The summed E-state index contributed by atoms with van der Waals surface area (Å²) in [5, 5.41) is 12.8. The van der Waals surface area contributed by atoms with Crippen molar-refractivity contribution in [1.29, 1.82) is 0 Å². The van der Waals surface area contributed by atoms with Crippen molar-refractivity contribution in [1.82, 2.24) is 30.2 Å². The molecule has 0 aliphatic heterocycles. The van der Waals surface area contributed by atoms with Gasteiger partial charge in [-0.05, 0) is 62.4 Å². The topological polar surface area (TPSA) is 104 Å². The van der Waals surface area contributed by atoms with Crippen molar-refractivity contribution in [2.75, 3.05) is 0 Å². The Hall–Kier alpha value is -4.46. The Bertz CT molecular complexity index is 1660. The standard InChI is InChI=1S/C29H28N6O2/c1-18(2)30-27(36)32-29(15-6-16-29)21-11-9-20(10-12-21)26-22(19-7-4-3-5-8-19)17-24-23(31-26)13-14-25-33-34-28(37)35(24)25/h3-5,7-14,17-18H,6,15-16H2,1-2H3,(H,34,37)(H2,30,32,36). The molecule has 186 valence electrons. The van der Waals surface area contributed by atoms with E-state index in [4.69, 9.17) is 4.98 Å². The van der Waals surface area contributed by atoms with Crippen molar-refractivity contribution < 1.29 is 4.79 Å². The summed E-state index contributed by atoms with van der Waals surface area (Å²) in [6.07, 6.45) is 2.91. The zero-order valence-electron chi connectivity index (χ0n) is 20.8. The predicted octanol–water partition coefficient (Wildman–Crippen LogP) is 4.99. The molecule has 0 saturated heterocycles. The van der Waals surface area contributed by atoms with Crippen LogP contribution in [-0.2, 0) is 5.54 Å². The van der Waals surface area contributed by atoms with Gasteiger partial charge >= 0.3 is 11.7 Å². The highest BCUT2D eigenvalue weighted by atomic mass is 16.2. The number of fused-ring (bicyclic) bond motifs is 3. The van der Waals surface area contributed by atoms with Crippen LogP contribution >= 0.6 is 0 Å². The lowest BCUT2D eigenvalue weighted by Crippen LogP contribution is -2.54. The fourth-order valence-corrected chi connectivity index (χ4v) is 5.16. The van der Waals surface area contributed by atoms with Gasteiger partial charge in [0.25, 0.3) is 0 Å². The first-order chi connectivity index (χ1) is 17.9. The fourth-order valence-electron chi connectivity index (χ4n) is 5.16. The number of H-pyrrole nitrogens is 1. The van der Waals surface area contributed by atoms with Crippen LogP contribution in [0.3, 0.4) is 0 Å². The zero-order valence-corrected chi connectivity index (χ0v) is 20.8. The van der Waals surface area contributed by atoms with Crippen LogP contribution in [0, 0.1) is 0 Å². The number of urea groups is 1. The van der Waals surface area contributed by atoms with Gasteiger partial charge in [0, 0.05) is 17.2 Å². The zero-order chi connectivity index (χ0) is 25.6. The van der Waals surface area contributed by atoms with E-state index in [2.05, 4.69) is 45.1 Å². The van der Waals surface area contributed by atoms with E-state index >= 15 is 0 Å². The van der Waals surface area contributed by atoms with Crippen LogP contribution in [0.15, 0.2) is 77.6 Å². The van der Waals surface area contributed by atoms with E-state index in [0.717, 1.165) is 47.2 Å². The van der Waals surface area contributed by atoms with Crippen LogP contribution < -0.4 is 16.3 Å². The Labute approximate surface area is 213 Å². The molecule has 2 amide bonds. The molecule has 3 aromatic heterocycles. The fraction of sp³-hybridized carbons (Fsp3) is 0.241. The summed E-state index contributed by atoms with van der Waals surface area (Å²) in [7, 11) is 0. The molecule has 0 unspecified atom stereocenters. The van der Waals surface area contributed by atoms with Crippen LogP contribution in [0.2, 0.25) is 0 Å². The van der Waals surface area contributed by atoms with E-state index in [1.807, 2.05) is 56.3 Å². The van der Waals surface area contributed by atoms with Gasteiger partial charge in [0.2, 0.25) is 0 Å². The van der Waals surface area contributed by atoms with Crippen molar-refractivity contribution in [3.63, 3.8) is 0 Å². The van der Waals surface area contributed by atoms with Crippen LogP contribution in [0.25, 0.3) is 39.1 Å². The molecule has 1 fully saturated rings. The summed E-state index contributed by atoms with van der Waals surface area (Å²) < 4.78 is 1.55. The Balaban J connectivity index is 1.45. The van der Waals surface area contributed by atoms with E-state index in [1.165, 1.54) is 0 Å². The van der Waals surface area contributed by atoms with Gasteiger partial charge in [-0.1, -0.05) is 54.6 Å². The van der Waals surface area contributed by atoms with Gasteiger partial charge in [-0.15, -0.1) is 0 Å². The maximum atomic E-state index is 12.5. The number of pyridine rings is 2. The summed E-state index contributed by atoms with van der Waals surface area (Å²) in [6, 6.07) is 24.0. The molecule has 6 rings (SSSR count). The number of hydrogen-bond donors (Lipinski definition) is 3. The van der Waals surface area contributed by atoms with E-state index in [9.17, 15) is 9.59 Å². The minimum Gasteiger partial charge on any atom is -0.336 e. The summed E-state index contributed by atoms with van der Waals surface area (Å²) in [5.41, 5.74) is 6.14. The molecule has 37 heavy (non-hydrogen) atoms. The van der Waals surface area contributed by atoms with Crippen LogP contribution in [0.4, 0.5) is 4.79 Å². The molecule has 1 saturated carbocycles. The molecule has 0 atom stereocenters. The molecule has 0 radical (unpaired) electrons. The number of carbonyl (C=O) groups is 1. The largest absolute Gasteiger partial charge is 0.348 e. The van der Waals surface area contributed by atoms with Gasteiger partial charge in [0.05, 0.1) is 22.3 Å². The first-order valence-corrected chi connectivity index (χ1v) is 12.6. The van der Waals surface area contributed by atoms with Crippen molar-refractivity contribution in [2.24, 2.45) is 0 Å². The van der Waals surface area contributed by atoms with Crippen LogP contribution in [0.1, 0.15) is 38.7 Å². The lowest BCUT2D eigenvalue weighted by atomic mass is 9.71. The van der Waals surface area contributed by atoms with Gasteiger partial charge in [0.1, 0.15) is 0 Å². The molecule has 3 heterocycles. The Morgan fingerprint density at radius 3 is 2.43 bits per heavy atom. The Kier molecular flexibility index (Phi) is 5.52. The minimum absolute atomic E-state index is 0.0778. The second-order valence-electron chi connectivity index (χ2n) is 9.98. The lowest BCUT2D eigenvalue weighted by molar-refractivity contribution is 0.176. The molecular weight excluding hydrogens is 464 g/mol. The number of nitrogens with one attached hydrogen (secondary N) is 3. The maximum Gasteiger partial charge on any atom is 0.348 e. The highest BCUT2D eigenvalue weighted by molar-refractivity contribution is 5.91. The van der Waals surface area contributed by atoms with E-state index < -0.39 is 0 Å². The van der Waals surface area contributed by atoms with Gasteiger partial charge in [-0.2, -0.15) is 5.10 Å². The van der Waals surface area contributed by atoms with Gasteiger partial charge in [-0.25, -0.2) is 24.1 Å². The maximum absolute atomic E-state index is 12.5. The monoisotopic (exact) mass is 492 g/mol. The number of aromatic nitrogens is 4. The van der Waals surface area contributed by atoms with E-state index in [1.54, 1.807) is 10.5 Å². The average Bonchev–Trinajstić information content (AvgIpc) is 3.27. The molecule has 8 heteroatoms. The molecule has 5 aromatic rings. The van der Waals surface area contributed by atoms with Crippen molar-refractivity contribution in [3.05, 3.63) is 88.8 Å². The average molecular weight is 493 g/mol. The number of amides is 2. The number of carbonyl (C=O) groups excluding carboxylic acids is 1. The third-order valence-corrected chi connectivity index (χ3v) is 7.14. The summed E-state index contributed by atoms with van der Waals surface area (Å²) >= 11 is 0. The highest BCUT2D eigenvalue weighted by Crippen LogP contribution is 2.42. The molecule has 1 aliphatic carbocycles. The molecule has 1 aliphatic rings. The lowest BCUT2D eigenvalue weighted by Gasteiger charge is -2.43. The third kappa shape index (κ3) is 4.04. The molecule has 3 N–H and O–H groups in total. The second kappa shape index (κ2) is 8.89. The summed E-state index contributed by atoms with van der Waals surface area (Å²) in [6.45, 7) is 3.91. The van der Waals surface area contributed by atoms with Gasteiger partial charge < -0.3 is 10.6 Å². The molecule has 0 spiro atoms. The molecule has 0 bridgehead atoms. The second-order valence-corrected chi connectivity index (χ2v) is 9.98. The molecule has 2 aromatic carbocycles. The smallest absolute Gasteiger partial charge is 0.336 e. The Morgan fingerprint density at radius 1 is 1.00 bits per heavy atom. The quantitative estimate of drug-likeness (QED) is 0.321. The first kappa shape index (κ1) is 23.0. The Morgan fingerprint density at radius 2 is 1.76 bits per heavy atom. The van der Waals surface area contributed by atoms with Crippen molar-refractivity contribution in [3.8, 4) is 22.4 Å². The van der Waals surface area contributed by atoms with Gasteiger partial charge in [0.15, 0.2) is 5.65 Å². The summed E-state index contributed by atoms with van der Waals surface area (Å²) in [5.74, 6) is 0. The minimum atomic E-state index is -0.343. The number of aromatic amines is 1. The van der Waals surface area contributed by atoms with Crippen molar-refractivity contribution >= 4 is 22.7 Å². The number of rotatable bonds is 5. The first-order valence-electron chi connectivity index (χ1n) is 12.6. The van der Waals surface area contributed by atoms with E-state index in [0.29, 0.717) is 16.7 Å². The van der Waals surface area contributed by atoms with Gasteiger partial charge in [-0.3, -0.25) is 0 Å². The summed E-state index contributed by atoms with van der Waals surface area (Å²) in [4.78, 5) is 30.0. The molecule has 8 nitrogen and oxygen atoms in total. The van der Waals surface area contributed by atoms with E-state index in [-0.39, 0.29) is 23.3 Å². The third-order valence-electron chi connectivity index (χ3n) is 7.14. The SMILES string of the molecule is CC(C)NC(=O)NC1(c2ccc(-c3nc4ccc5n[nH]c(=O)n5c4cc3-c3ccccc3)cc2)CCC1. The van der Waals surface area contributed by atoms with Crippen LogP contribution in [-0.4, -0.2) is 31.7 Å². The number of nitrogens with zero attached hydrogens (tertiary/aromatic N) is 3. The predicted molar refractivity (Wildman–Crippen MR) is 144 cm³/mol. The van der Waals surface area contributed by atoms with Crippen LogP contribution in [0.5, 0.6) is 0 Å². The molecular formula is C29H28N6O2. The number of benzene rings is 2.